The van der Waals surface area contributed by atoms with Crippen LogP contribution < -0.4 is 0 Å². The van der Waals surface area contributed by atoms with Crippen molar-refractivity contribution in [1.29, 1.82) is 0 Å². The molecule has 91 heavy (non-hydrogen) atoms. The van der Waals surface area contributed by atoms with E-state index in [-0.39, 0.29) is 25.7 Å². The topological polar surface area (TPSA) is 237 Å². The highest BCUT2D eigenvalue weighted by atomic mass is 31.2. The van der Waals surface area contributed by atoms with E-state index in [2.05, 4.69) is 65.8 Å². The summed E-state index contributed by atoms with van der Waals surface area (Å²) in [6, 6.07) is 0. The summed E-state index contributed by atoms with van der Waals surface area (Å²) in [7, 11) is -9.92. The number of aliphatic hydroxyl groups excluding tert-OH is 1. The number of esters is 4. The molecule has 0 aliphatic carbocycles. The number of phosphoric ester groups is 2. The summed E-state index contributed by atoms with van der Waals surface area (Å²) in [6.45, 7) is 9.42. The molecule has 0 aromatic heterocycles. The maximum absolute atomic E-state index is 13.0. The molecule has 0 aromatic carbocycles. The zero-order valence-corrected chi connectivity index (χ0v) is 60.4. The molecule has 17 nitrogen and oxygen atoms in total. The van der Waals surface area contributed by atoms with Crippen LogP contribution in [0.25, 0.3) is 0 Å². The predicted octanol–water partition coefficient (Wildman–Crippen LogP) is 20.3. The number of allylic oxidation sites excluding steroid dienone is 4. The van der Waals surface area contributed by atoms with Gasteiger partial charge in [0, 0.05) is 25.7 Å². The average Bonchev–Trinajstić information content (AvgIpc) is 3.46. The van der Waals surface area contributed by atoms with Crippen LogP contribution in [-0.2, 0) is 65.4 Å². The third-order valence-electron chi connectivity index (χ3n) is 16.1. The second-order valence-electron chi connectivity index (χ2n) is 26.2. The molecule has 536 valence electrons. The van der Waals surface area contributed by atoms with Gasteiger partial charge in [0.1, 0.15) is 19.3 Å². The van der Waals surface area contributed by atoms with E-state index in [1.54, 1.807) is 0 Å². The lowest BCUT2D eigenvalue weighted by Crippen LogP contribution is -2.30. The molecule has 3 N–H and O–H groups in total. The zero-order valence-electron chi connectivity index (χ0n) is 58.6. The number of ether oxygens (including phenoxy) is 4. The summed E-state index contributed by atoms with van der Waals surface area (Å²) < 4.78 is 68.3. The molecule has 0 heterocycles. The molecule has 0 fully saturated rings. The molecule has 0 aliphatic heterocycles. The molecule has 0 rings (SSSR count). The van der Waals surface area contributed by atoms with Crippen LogP contribution in [-0.4, -0.2) is 96.7 Å². The van der Waals surface area contributed by atoms with E-state index in [1.807, 2.05) is 0 Å². The van der Waals surface area contributed by atoms with E-state index in [4.69, 9.17) is 37.0 Å². The Morgan fingerprint density at radius 1 is 0.341 bits per heavy atom. The molecule has 0 aromatic rings. The van der Waals surface area contributed by atoms with Crippen molar-refractivity contribution >= 4 is 39.5 Å². The molecule has 0 saturated carbocycles. The van der Waals surface area contributed by atoms with Crippen LogP contribution in [0.4, 0.5) is 0 Å². The number of hydrogen-bond donors (Lipinski definition) is 3. The standard InChI is InChI=1S/C72H136O17P2/c1-7-9-11-13-15-17-19-21-23-25-27-29-38-44-50-56-71(76)88-67(60-82-69(74)54-48-42-36-28-26-24-22-20-18-16-14-12-10-8-2)62-86-90(78,79)84-58-66(73)59-85-91(80,81)87-63-68(89-72(77)57-51-45-39-33-31-35-41-47-53-65(5)6)61-83-70(75)55-49-43-37-32-30-34-40-46-52-64(3)4/h17,19,21,23,64-68,73H,7-16,18,20,22,24-63H2,1-6H3,(H,78,79)(H,80,81)/b19-17-,23-21-/t66-,67-,68-/m1/s1. The Hall–Kier alpha value is -2.46. The van der Waals surface area contributed by atoms with Gasteiger partial charge in [-0.2, -0.15) is 0 Å². The van der Waals surface area contributed by atoms with Gasteiger partial charge in [0.15, 0.2) is 12.2 Å². The van der Waals surface area contributed by atoms with Crippen molar-refractivity contribution in [1.82, 2.24) is 0 Å². The van der Waals surface area contributed by atoms with Gasteiger partial charge in [-0.1, -0.05) is 291 Å². The molecule has 5 atom stereocenters. The first kappa shape index (κ1) is 88.5. The monoisotopic (exact) mass is 1330 g/mol. The fraction of sp³-hybridized carbons (Fsp3) is 0.889. The van der Waals surface area contributed by atoms with Gasteiger partial charge in [0.05, 0.1) is 26.4 Å². The third-order valence-corrected chi connectivity index (χ3v) is 18.0. The minimum Gasteiger partial charge on any atom is -0.462 e. The quantitative estimate of drug-likeness (QED) is 0.0169. The van der Waals surface area contributed by atoms with Gasteiger partial charge in [0.25, 0.3) is 0 Å². The second kappa shape index (κ2) is 63.6. The second-order valence-corrected chi connectivity index (χ2v) is 29.2. The van der Waals surface area contributed by atoms with Gasteiger partial charge in [-0.05, 0) is 63.2 Å². The first-order valence-electron chi connectivity index (χ1n) is 36.8. The van der Waals surface area contributed by atoms with Gasteiger partial charge in [-0.3, -0.25) is 37.3 Å². The molecule has 19 heteroatoms. The Kier molecular flexibility index (Phi) is 61.9. The Bertz CT molecular complexity index is 1860. The van der Waals surface area contributed by atoms with Crippen LogP contribution in [0, 0.1) is 11.8 Å². The fourth-order valence-corrected chi connectivity index (χ4v) is 12.0. The summed E-state index contributed by atoms with van der Waals surface area (Å²) in [6.07, 6.45) is 52.2. The van der Waals surface area contributed by atoms with Crippen LogP contribution in [0.15, 0.2) is 24.3 Å². The summed E-state index contributed by atoms with van der Waals surface area (Å²) in [4.78, 5) is 72.6. The van der Waals surface area contributed by atoms with Crippen molar-refractivity contribution in [3.05, 3.63) is 24.3 Å². The van der Waals surface area contributed by atoms with E-state index >= 15 is 0 Å². The number of hydrogen-bond acceptors (Lipinski definition) is 15. The summed E-state index contributed by atoms with van der Waals surface area (Å²) >= 11 is 0. The van der Waals surface area contributed by atoms with E-state index in [1.165, 1.54) is 148 Å². The first-order valence-corrected chi connectivity index (χ1v) is 39.8. The van der Waals surface area contributed by atoms with Crippen LogP contribution in [0.3, 0.4) is 0 Å². The summed E-state index contributed by atoms with van der Waals surface area (Å²) in [5, 5.41) is 10.6. The van der Waals surface area contributed by atoms with E-state index in [0.29, 0.717) is 31.6 Å². The van der Waals surface area contributed by atoms with Crippen molar-refractivity contribution < 1.29 is 80.2 Å². The van der Waals surface area contributed by atoms with E-state index in [0.717, 1.165) is 109 Å². The summed E-state index contributed by atoms with van der Waals surface area (Å²) in [5.74, 6) is -0.712. The minimum absolute atomic E-state index is 0.0851. The zero-order chi connectivity index (χ0) is 67.2. The molecule has 0 aliphatic rings. The highest BCUT2D eigenvalue weighted by Crippen LogP contribution is 2.45. The molecule has 0 spiro atoms. The van der Waals surface area contributed by atoms with Gasteiger partial charge >= 0.3 is 39.5 Å². The number of carbonyl (C=O) groups excluding carboxylic acids is 4. The van der Waals surface area contributed by atoms with Crippen molar-refractivity contribution in [3.63, 3.8) is 0 Å². The number of aliphatic hydroxyl groups is 1. The van der Waals surface area contributed by atoms with Crippen LogP contribution in [0.1, 0.15) is 343 Å². The van der Waals surface area contributed by atoms with Crippen LogP contribution >= 0.6 is 15.6 Å². The fourth-order valence-electron chi connectivity index (χ4n) is 10.4. The molecular weight excluding hydrogens is 1200 g/mol. The Morgan fingerprint density at radius 3 is 0.901 bits per heavy atom. The lowest BCUT2D eigenvalue weighted by atomic mass is 10.0. The Labute approximate surface area is 554 Å². The third kappa shape index (κ3) is 66.0. The van der Waals surface area contributed by atoms with Crippen molar-refractivity contribution in [3.8, 4) is 0 Å². The predicted molar refractivity (Wildman–Crippen MR) is 367 cm³/mol. The molecule has 0 radical (unpaired) electrons. The largest absolute Gasteiger partial charge is 0.472 e. The van der Waals surface area contributed by atoms with Crippen molar-refractivity contribution in [2.24, 2.45) is 11.8 Å². The van der Waals surface area contributed by atoms with Crippen LogP contribution in [0.2, 0.25) is 0 Å². The number of phosphoric acid groups is 2. The molecule has 0 amide bonds. The Balaban J connectivity index is 5.29. The number of carbonyl (C=O) groups is 4. The van der Waals surface area contributed by atoms with Gasteiger partial charge < -0.3 is 33.8 Å². The van der Waals surface area contributed by atoms with Gasteiger partial charge in [-0.25, -0.2) is 9.13 Å². The van der Waals surface area contributed by atoms with Gasteiger partial charge in [0.2, 0.25) is 0 Å². The minimum atomic E-state index is -4.96. The first-order chi connectivity index (χ1) is 43.9. The van der Waals surface area contributed by atoms with Crippen molar-refractivity contribution in [2.45, 2.75) is 362 Å². The molecule has 0 saturated heterocycles. The summed E-state index contributed by atoms with van der Waals surface area (Å²) in [5.41, 5.74) is 0. The lowest BCUT2D eigenvalue weighted by molar-refractivity contribution is -0.161. The number of rotatable bonds is 69. The van der Waals surface area contributed by atoms with E-state index in [9.17, 15) is 43.2 Å². The van der Waals surface area contributed by atoms with Crippen molar-refractivity contribution in [2.75, 3.05) is 39.6 Å². The smallest absolute Gasteiger partial charge is 0.462 e. The SMILES string of the molecule is CCCCCC/C=C\C=C/CCCCCCCC(=O)O[C@H](COC(=O)CCCCCCCCCCCCCCCC)COP(=O)(O)OC[C@@H](O)COP(=O)(O)OC[C@@H](COC(=O)CCCCCCCCCCC(C)C)OC(=O)CCCCCCCCCCC(C)C. The number of unbranched alkanes of at least 4 members (excludes halogenated alkanes) is 36. The van der Waals surface area contributed by atoms with E-state index < -0.39 is 97.5 Å². The average molecular weight is 1340 g/mol. The normalized spacial score (nSPS) is 14.3. The highest BCUT2D eigenvalue weighted by molar-refractivity contribution is 7.47. The maximum Gasteiger partial charge on any atom is 0.472 e. The Morgan fingerprint density at radius 2 is 0.593 bits per heavy atom. The lowest BCUT2D eigenvalue weighted by Gasteiger charge is -2.21. The molecule has 2 unspecified atom stereocenters. The molecule has 0 bridgehead atoms. The molecular formula is C72H136O17P2. The van der Waals surface area contributed by atoms with Crippen LogP contribution in [0.5, 0.6) is 0 Å². The highest BCUT2D eigenvalue weighted by Gasteiger charge is 2.30. The van der Waals surface area contributed by atoms with Gasteiger partial charge in [-0.15, -0.1) is 0 Å². The maximum atomic E-state index is 13.0.